The van der Waals surface area contributed by atoms with Gasteiger partial charge in [0.2, 0.25) is 0 Å². The van der Waals surface area contributed by atoms with Crippen LogP contribution in [-0.4, -0.2) is 25.2 Å². The summed E-state index contributed by atoms with van der Waals surface area (Å²) in [5.74, 6) is 2.07. The van der Waals surface area contributed by atoms with Crippen molar-refractivity contribution < 1.29 is 0 Å². The van der Waals surface area contributed by atoms with Crippen LogP contribution < -0.4 is 11.1 Å². The standard InChI is InChI=1S/C4H12N2S/c1-6-4-7-3-2-5/h6H,2-5H2,1H3. The zero-order chi connectivity index (χ0) is 5.54. The van der Waals surface area contributed by atoms with Gasteiger partial charge >= 0.3 is 0 Å². The summed E-state index contributed by atoms with van der Waals surface area (Å²) >= 11 is 1.82. The number of rotatable bonds is 4. The van der Waals surface area contributed by atoms with Gasteiger partial charge in [-0.3, -0.25) is 0 Å². The molecule has 0 fully saturated rings. The maximum absolute atomic E-state index is 5.22. The highest BCUT2D eigenvalue weighted by Crippen LogP contribution is 1.91. The molecule has 0 bridgehead atoms. The summed E-state index contributed by atoms with van der Waals surface area (Å²) in [6, 6.07) is 0. The summed E-state index contributed by atoms with van der Waals surface area (Å²) in [6.45, 7) is 0.784. The third-order valence-electron chi connectivity index (χ3n) is 0.509. The molecule has 3 heteroatoms. The van der Waals surface area contributed by atoms with Gasteiger partial charge in [-0.1, -0.05) is 0 Å². The van der Waals surface area contributed by atoms with Gasteiger partial charge in [-0.05, 0) is 7.05 Å². The van der Waals surface area contributed by atoms with Crippen molar-refractivity contribution in [1.82, 2.24) is 5.32 Å². The minimum Gasteiger partial charge on any atom is -0.330 e. The Labute approximate surface area is 48.8 Å². The zero-order valence-corrected chi connectivity index (χ0v) is 5.42. The van der Waals surface area contributed by atoms with E-state index in [0.29, 0.717) is 0 Å². The average Bonchev–Trinajstić information content (AvgIpc) is 1.69. The molecule has 0 amide bonds. The maximum Gasteiger partial charge on any atom is 0.0415 e. The van der Waals surface area contributed by atoms with Gasteiger partial charge in [-0.2, -0.15) is 0 Å². The van der Waals surface area contributed by atoms with Crippen LogP contribution in [0.4, 0.5) is 0 Å². The first-order valence-corrected chi connectivity index (χ1v) is 3.49. The van der Waals surface area contributed by atoms with Crippen LogP contribution in [0.25, 0.3) is 0 Å². The van der Waals surface area contributed by atoms with Crippen LogP contribution >= 0.6 is 11.8 Å². The van der Waals surface area contributed by atoms with Gasteiger partial charge < -0.3 is 11.1 Å². The van der Waals surface area contributed by atoms with E-state index in [1.807, 2.05) is 18.8 Å². The van der Waals surface area contributed by atoms with E-state index in [1.54, 1.807) is 0 Å². The van der Waals surface area contributed by atoms with Crippen molar-refractivity contribution in [3.8, 4) is 0 Å². The Kier molecular flexibility index (Phi) is 6.51. The molecule has 0 aromatic carbocycles. The summed E-state index contributed by atoms with van der Waals surface area (Å²) in [5.41, 5.74) is 5.22. The van der Waals surface area contributed by atoms with Crippen molar-refractivity contribution in [1.29, 1.82) is 0 Å². The van der Waals surface area contributed by atoms with E-state index in [0.717, 1.165) is 18.2 Å². The molecule has 0 saturated heterocycles. The summed E-state index contributed by atoms with van der Waals surface area (Å²) in [5, 5.41) is 3.01. The predicted molar refractivity (Wildman–Crippen MR) is 35.4 cm³/mol. The van der Waals surface area contributed by atoms with E-state index < -0.39 is 0 Å². The number of nitrogens with two attached hydrogens (primary N) is 1. The average molecular weight is 120 g/mol. The lowest BCUT2D eigenvalue weighted by Gasteiger charge is -1.93. The Morgan fingerprint density at radius 3 is 2.86 bits per heavy atom. The molecule has 0 saturated carbocycles. The third-order valence-corrected chi connectivity index (χ3v) is 1.53. The van der Waals surface area contributed by atoms with Crippen LogP contribution in [0.2, 0.25) is 0 Å². The molecule has 0 rings (SSSR count). The van der Waals surface area contributed by atoms with E-state index in [1.165, 1.54) is 0 Å². The zero-order valence-electron chi connectivity index (χ0n) is 4.61. The minimum absolute atomic E-state index is 0.784. The molecule has 0 unspecified atom stereocenters. The van der Waals surface area contributed by atoms with Crippen molar-refractivity contribution in [2.45, 2.75) is 0 Å². The molecule has 0 radical (unpaired) electrons. The number of thioether (sulfide) groups is 1. The molecule has 44 valence electrons. The lowest BCUT2D eigenvalue weighted by molar-refractivity contribution is 0.979. The number of nitrogens with one attached hydrogen (secondary N) is 1. The van der Waals surface area contributed by atoms with Crippen molar-refractivity contribution in [3.63, 3.8) is 0 Å². The Morgan fingerprint density at radius 2 is 2.43 bits per heavy atom. The lowest BCUT2D eigenvalue weighted by Crippen LogP contribution is -2.08. The van der Waals surface area contributed by atoms with Crippen molar-refractivity contribution in [3.05, 3.63) is 0 Å². The highest BCUT2D eigenvalue weighted by Gasteiger charge is 1.78. The van der Waals surface area contributed by atoms with Crippen LogP contribution in [0.15, 0.2) is 0 Å². The Hall–Kier alpha value is 0.270. The second kappa shape index (κ2) is 6.27. The molecule has 0 aliphatic carbocycles. The first-order chi connectivity index (χ1) is 3.41. The van der Waals surface area contributed by atoms with Crippen molar-refractivity contribution in [2.24, 2.45) is 5.73 Å². The molecule has 0 aliphatic heterocycles. The van der Waals surface area contributed by atoms with Crippen LogP contribution in [-0.2, 0) is 0 Å². The number of hydrogen-bond donors (Lipinski definition) is 2. The highest BCUT2D eigenvalue weighted by atomic mass is 32.2. The fourth-order valence-electron chi connectivity index (χ4n) is 0.258. The quantitative estimate of drug-likeness (QED) is 0.400. The van der Waals surface area contributed by atoms with E-state index in [2.05, 4.69) is 5.32 Å². The summed E-state index contributed by atoms with van der Waals surface area (Å²) in [4.78, 5) is 0. The van der Waals surface area contributed by atoms with E-state index in [9.17, 15) is 0 Å². The molecular weight excluding hydrogens is 108 g/mol. The molecule has 0 heterocycles. The Balaban J connectivity index is 2.45. The van der Waals surface area contributed by atoms with Crippen LogP contribution in [0, 0.1) is 0 Å². The van der Waals surface area contributed by atoms with Gasteiger partial charge in [0.05, 0.1) is 0 Å². The second-order valence-electron chi connectivity index (χ2n) is 1.19. The molecule has 0 aromatic heterocycles. The first-order valence-electron chi connectivity index (χ1n) is 2.34. The van der Waals surface area contributed by atoms with Gasteiger partial charge in [0.1, 0.15) is 0 Å². The monoisotopic (exact) mass is 120 g/mol. The SMILES string of the molecule is CNCSCCN. The number of hydrogen-bond acceptors (Lipinski definition) is 3. The highest BCUT2D eigenvalue weighted by molar-refractivity contribution is 7.99. The maximum atomic E-state index is 5.22. The lowest BCUT2D eigenvalue weighted by atomic mass is 10.8. The fourth-order valence-corrected chi connectivity index (χ4v) is 0.773. The summed E-state index contributed by atoms with van der Waals surface area (Å²) in [7, 11) is 1.93. The molecule has 7 heavy (non-hydrogen) atoms. The second-order valence-corrected chi connectivity index (χ2v) is 2.30. The molecule has 0 atom stereocenters. The summed E-state index contributed by atoms with van der Waals surface area (Å²) in [6.07, 6.45) is 0. The molecule has 0 aromatic rings. The fraction of sp³-hybridized carbons (Fsp3) is 1.00. The van der Waals surface area contributed by atoms with Crippen LogP contribution in [0.3, 0.4) is 0 Å². The normalized spacial score (nSPS) is 9.43. The van der Waals surface area contributed by atoms with Crippen molar-refractivity contribution in [2.75, 3.05) is 25.2 Å². The van der Waals surface area contributed by atoms with Gasteiger partial charge in [0.15, 0.2) is 0 Å². The van der Waals surface area contributed by atoms with Crippen LogP contribution in [0.5, 0.6) is 0 Å². The van der Waals surface area contributed by atoms with E-state index in [-0.39, 0.29) is 0 Å². The molecule has 3 N–H and O–H groups in total. The van der Waals surface area contributed by atoms with Crippen LogP contribution in [0.1, 0.15) is 0 Å². The minimum atomic E-state index is 0.784. The van der Waals surface area contributed by atoms with E-state index >= 15 is 0 Å². The summed E-state index contributed by atoms with van der Waals surface area (Å²) < 4.78 is 0. The molecule has 0 spiro atoms. The first kappa shape index (κ1) is 7.27. The Morgan fingerprint density at radius 1 is 1.71 bits per heavy atom. The predicted octanol–water partition coefficient (Wildman–Crippen LogP) is -0.145. The van der Waals surface area contributed by atoms with Gasteiger partial charge in [-0.25, -0.2) is 0 Å². The molecular formula is C4H12N2S. The van der Waals surface area contributed by atoms with Crippen molar-refractivity contribution >= 4 is 11.8 Å². The molecule has 0 aliphatic rings. The van der Waals surface area contributed by atoms with Gasteiger partial charge in [-0.15, -0.1) is 11.8 Å². The van der Waals surface area contributed by atoms with Gasteiger partial charge in [0, 0.05) is 18.2 Å². The largest absolute Gasteiger partial charge is 0.330 e. The topological polar surface area (TPSA) is 38.0 Å². The Bertz CT molecular complexity index is 28.9. The third kappa shape index (κ3) is 6.27. The van der Waals surface area contributed by atoms with E-state index in [4.69, 9.17) is 5.73 Å². The van der Waals surface area contributed by atoms with Gasteiger partial charge in [0.25, 0.3) is 0 Å². The molecule has 2 nitrogen and oxygen atoms in total. The smallest absolute Gasteiger partial charge is 0.0415 e.